The quantitative estimate of drug-likeness (QED) is 0.790. The second-order valence-corrected chi connectivity index (χ2v) is 4.00. The van der Waals surface area contributed by atoms with E-state index in [9.17, 15) is 8.78 Å². The molecule has 0 saturated heterocycles. The summed E-state index contributed by atoms with van der Waals surface area (Å²) in [6.07, 6.45) is 2.55. The van der Waals surface area contributed by atoms with Crippen molar-refractivity contribution in [1.29, 1.82) is 0 Å². The predicted octanol–water partition coefficient (Wildman–Crippen LogP) is 3.29. The third kappa shape index (κ3) is 2.44. The van der Waals surface area contributed by atoms with Gasteiger partial charge in [-0.05, 0) is 18.6 Å². The number of benzene rings is 1. The standard InChI is InChI=1S/C11H10ClF2N3/c1-2-3-17-6-10(15-16-17)7-4-8(13)11(12)9(14)5-7/h4-6H,2-3H2,1H3. The van der Waals surface area contributed by atoms with Gasteiger partial charge in [-0.1, -0.05) is 23.7 Å². The van der Waals surface area contributed by atoms with Crippen molar-refractivity contribution in [3.8, 4) is 11.3 Å². The minimum absolute atomic E-state index is 0.326. The predicted molar refractivity (Wildman–Crippen MR) is 60.7 cm³/mol. The lowest BCUT2D eigenvalue weighted by molar-refractivity contribution is 0.579. The first-order valence-electron chi connectivity index (χ1n) is 5.17. The molecule has 6 heteroatoms. The molecule has 2 aromatic rings. The van der Waals surface area contributed by atoms with Crippen LogP contribution in [0.25, 0.3) is 11.3 Å². The first kappa shape index (κ1) is 12.0. The van der Waals surface area contributed by atoms with Gasteiger partial charge in [-0.25, -0.2) is 8.78 Å². The summed E-state index contributed by atoms with van der Waals surface area (Å²) in [5.41, 5.74) is 0.750. The maximum absolute atomic E-state index is 13.3. The van der Waals surface area contributed by atoms with Gasteiger partial charge in [0.2, 0.25) is 0 Å². The molecule has 3 nitrogen and oxygen atoms in total. The lowest BCUT2D eigenvalue weighted by Crippen LogP contribution is -1.96. The van der Waals surface area contributed by atoms with E-state index in [1.807, 2.05) is 6.92 Å². The molecule has 0 aliphatic rings. The number of aromatic nitrogens is 3. The van der Waals surface area contributed by atoms with Crippen LogP contribution in [0.1, 0.15) is 13.3 Å². The Bertz CT molecular complexity index is 516. The summed E-state index contributed by atoms with van der Waals surface area (Å²) in [5, 5.41) is 7.20. The zero-order valence-corrected chi connectivity index (χ0v) is 9.88. The summed E-state index contributed by atoms with van der Waals surface area (Å²) in [6.45, 7) is 2.72. The van der Waals surface area contributed by atoms with Gasteiger partial charge in [-0.3, -0.25) is 4.68 Å². The van der Waals surface area contributed by atoms with Crippen LogP contribution in [0.5, 0.6) is 0 Å². The van der Waals surface area contributed by atoms with Gasteiger partial charge in [0.05, 0.1) is 6.20 Å². The highest BCUT2D eigenvalue weighted by molar-refractivity contribution is 6.30. The Kier molecular flexibility index (Phi) is 3.38. The van der Waals surface area contributed by atoms with E-state index >= 15 is 0 Å². The number of rotatable bonds is 3. The van der Waals surface area contributed by atoms with Crippen LogP contribution in [-0.4, -0.2) is 15.0 Å². The van der Waals surface area contributed by atoms with E-state index in [1.165, 1.54) is 0 Å². The van der Waals surface area contributed by atoms with Crippen molar-refractivity contribution in [1.82, 2.24) is 15.0 Å². The third-order valence-corrected chi connectivity index (χ3v) is 2.63. The van der Waals surface area contributed by atoms with Gasteiger partial charge < -0.3 is 0 Å². The average molecular weight is 258 g/mol. The molecule has 1 aromatic carbocycles. The Morgan fingerprint density at radius 2 is 1.94 bits per heavy atom. The van der Waals surface area contributed by atoms with E-state index in [0.29, 0.717) is 17.8 Å². The number of hydrogen-bond donors (Lipinski definition) is 0. The molecule has 0 atom stereocenters. The minimum Gasteiger partial charge on any atom is -0.252 e. The van der Waals surface area contributed by atoms with Gasteiger partial charge in [0.1, 0.15) is 22.4 Å². The Morgan fingerprint density at radius 1 is 1.29 bits per heavy atom. The molecule has 1 aromatic heterocycles. The summed E-state index contributed by atoms with van der Waals surface area (Å²) < 4.78 is 28.1. The maximum Gasteiger partial charge on any atom is 0.145 e. The molecule has 0 spiro atoms. The van der Waals surface area contributed by atoms with Crippen molar-refractivity contribution in [2.45, 2.75) is 19.9 Å². The zero-order valence-electron chi connectivity index (χ0n) is 9.12. The highest BCUT2D eigenvalue weighted by Crippen LogP contribution is 2.25. The number of aryl methyl sites for hydroxylation is 1. The van der Waals surface area contributed by atoms with E-state index in [-0.39, 0.29) is 0 Å². The van der Waals surface area contributed by atoms with Crippen molar-refractivity contribution in [2.24, 2.45) is 0 Å². The SMILES string of the molecule is CCCn1cc(-c2cc(F)c(Cl)c(F)c2)nn1. The fraction of sp³-hybridized carbons (Fsp3) is 0.273. The van der Waals surface area contributed by atoms with Crippen LogP contribution >= 0.6 is 11.6 Å². The third-order valence-electron chi connectivity index (χ3n) is 2.27. The molecule has 0 bridgehead atoms. The summed E-state index contributed by atoms with van der Waals surface area (Å²) in [4.78, 5) is 0. The second kappa shape index (κ2) is 4.79. The van der Waals surface area contributed by atoms with E-state index in [0.717, 1.165) is 18.6 Å². The number of nitrogens with zero attached hydrogens (tertiary/aromatic N) is 3. The van der Waals surface area contributed by atoms with Crippen LogP contribution < -0.4 is 0 Å². The Labute approximate surface area is 102 Å². The second-order valence-electron chi connectivity index (χ2n) is 3.62. The van der Waals surface area contributed by atoms with Crippen LogP contribution in [0.2, 0.25) is 5.02 Å². The number of hydrogen-bond acceptors (Lipinski definition) is 2. The first-order chi connectivity index (χ1) is 8.11. The summed E-state index contributed by atoms with van der Waals surface area (Å²) in [7, 11) is 0. The van der Waals surface area contributed by atoms with Crippen molar-refractivity contribution in [2.75, 3.05) is 0 Å². The van der Waals surface area contributed by atoms with Gasteiger partial charge in [0.25, 0.3) is 0 Å². The van der Waals surface area contributed by atoms with Gasteiger partial charge in [0, 0.05) is 12.1 Å². The van der Waals surface area contributed by atoms with Crippen molar-refractivity contribution >= 4 is 11.6 Å². The molecule has 0 saturated carbocycles. The highest BCUT2D eigenvalue weighted by atomic mass is 35.5. The van der Waals surface area contributed by atoms with Crippen molar-refractivity contribution in [3.05, 3.63) is 35.0 Å². The minimum atomic E-state index is -0.799. The van der Waals surface area contributed by atoms with E-state index in [1.54, 1.807) is 10.9 Å². The van der Waals surface area contributed by atoms with Gasteiger partial charge in [-0.2, -0.15) is 0 Å². The molecule has 0 amide bonds. The monoisotopic (exact) mass is 257 g/mol. The lowest BCUT2D eigenvalue weighted by Gasteiger charge is -2.00. The zero-order chi connectivity index (χ0) is 12.4. The van der Waals surface area contributed by atoms with Crippen LogP contribution in [0.3, 0.4) is 0 Å². The molecule has 2 rings (SSSR count). The van der Waals surface area contributed by atoms with Gasteiger partial charge in [0.15, 0.2) is 0 Å². The molecule has 0 unspecified atom stereocenters. The van der Waals surface area contributed by atoms with Crippen LogP contribution in [0, 0.1) is 11.6 Å². The topological polar surface area (TPSA) is 30.7 Å². The molecule has 0 aliphatic heterocycles. The van der Waals surface area contributed by atoms with Crippen LogP contribution in [-0.2, 0) is 6.54 Å². The largest absolute Gasteiger partial charge is 0.252 e. The molecule has 0 fully saturated rings. The summed E-state index contributed by atoms with van der Waals surface area (Å²) >= 11 is 5.40. The molecule has 1 heterocycles. The molecular formula is C11H10ClF2N3. The van der Waals surface area contributed by atoms with Crippen LogP contribution in [0.15, 0.2) is 18.3 Å². The van der Waals surface area contributed by atoms with Crippen molar-refractivity contribution in [3.63, 3.8) is 0 Å². The molecule has 0 radical (unpaired) electrons. The lowest BCUT2D eigenvalue weighted by atomic mass is 10.1. The Balaban J connectivity index is 2.39. The normalized spacial score (nSPS) is 10.8. The first-order valence-corrected chi connectivity index (χ1v) is 5.54. The molecule has 0 N–H and O–H groups in total. The summed E-state index contributed by atoms with van der Waals surface area (Å²) in [5.74, 6) is -1.60. The smallest absolute Gasteiger partial charge is 0.145 e. The maximum atomic E-state index is 13.3. The van der Waals surface area contributed by atoms with Gasteiger partial charge in [-0.15, -0.1) is 5.10 Å². The molecule has 90 valence electrons. The van der Waals surface area contributed by atoms with E-state index in [2.05, 4.69) is 10.3 Å². The molecular weight excluding hydrogens is 248 g/mol. The average Bonchev–Trinajstić information content (AvgIpc) is 2.74. The summed E-state index contributed by atoms with van der Waals surface area (Å²) in [6, 6.07) is 2.29. The Hall–Kier alpha value is -1.49. The fourth-order valence-electron chi connectivity index (χ4n) is 1.47. The van der Waals surface area contributed by atoms with Gasteiger partial charge >= 0.3 is 0 Å². The fourth-order valence-corrected chi connectivity index (χ4v) is 1.58. The van der Waals surface area contributed by atoms with E-state index < -0.39 is 16.7 Å². The van der Waals surface area contributed by atoms with E-state index in [4.69, 9.17) is 11.6 Å². The van der Waals surface area contributed by atoms with Crippen LogP contribution in [0.4, 0.5) is 8.78 Å². The molecule has 17 heavy (non-hydrogen) atoms. The Morgan fingerprint density at radius 3 is 2.53 bits per heavy atom. The van der Waals surface area contributed by atoms with Crippen molar-refractivity contribution < 1.29 is 8.78 Å². The number of halogens is 3. The molecule has 0 aliphatic carbocycles. The highest BCUT2D eigenvalue weighted by Gasteiger charge is 2.12.